The average molecular weight is 252 g/mol. The SMILES string of the molecule is CC(=O)NCC=Cc1ccc(C(=O)CCl)cc1. The molecule has 1 aromatic carbocycles. The van der Waals surface area contributed by atoms with Gasteiger partial charge in [-0.15, -0.1) is 11.6 Å². The van der Waals surface area contributed by atoms with Gasteiger partial charge in [0.15, 0.2) is 5.78 Å². The van der Waals surface area contributed by atoms with Gasteiger partial charge in [-0.05, 0) is 5.56 Å². The van der Waals surface area contributed by atoms with Crippen LogP contribution in [0.2, 0.25) is 0 Å². The van der Waals surface area contributed by atoms with Crippen molar-refractivity contribution in [3.63, 3.8) is 0 Å². The number of Topliss-reactive ketones (excluding diaryl/α,β-unsaturated/α-hetero) is 1. The maximum Gasteiger partial charge on any atom is 0.217 e. The molecule has 1 N–H and O–H groups in total. The van der Waals surface area contributed by atoms with Gasteiger partial charge in [-0.25, -0.2) is 0 Å². The number of carbonyl (C=O) groups excluding carboxylic acids is 2. The van der Waals surface area contributed by atoms with E-state index in [2.05, 4.69) is 5.32 Å². The summed E-state index contributed by atoms with van der Waals surface area (Å²) in [7, 11) is 0. The van der Waals surface area contributed by atoms with E-state index in [1.165, 1.54) is 6.92 Å². The van der Waals surface area contributed by atoms with Gasteiger partial charge in [0.2, 0.25) is 5.91 Å². The molecule has 0 aliphatic carbocycles. The van der Waals surface area contributed by atoms with E-state index in [-0.39, 0.29) is 17.6 Å². The van der Waals surface area contributed by atoms with Crippen LogP contribution in [0.1, 0.15) is 22.8 Å². The van der Waals surface area contributed by atoms with Crippen molar-refractivity contribution in [1.29, 1.82) is 0 Å². The second-order valence-corrected chi connectivity index (χ2v) is 3.79. The molecular formula is C13H14ClNO2. The molecule has 0 aliphatic rings. The molecule has 0 fully saturated rings. The number of alkyl halides is 1. The van der Waals surface area contributed by atoms with E-state index in [0.717, 1.165) is 5.56 Å². The molecule has 90 valence electrons. The Morgan fingerprint density at radius 2 is 1.94 bits per heavy atom. The van der Waals surface area contributed by atoms with E-state index in [4.69, 9.17) is 11.6 Å². The third-order valence-electron chi connectivity index (χ3n) is 2.13. The highest BCUT2D eigenvalue weighted by molar-refractivity contribution is 6.30. The van der Waals surface area contributed by atoms with Crippen LogP contribution < -0.4 is 5.32 Å². The summed E-state index contributed by atoms with van der Waals surface area (Å²) in [5.74, 6) is -0.143. The van der Waals surface area contributed by atoms with Gasteiger partial charge in [-0.2, -0.15) is 0 Å². The van der Waals surface area contributed by atoms with Crippen molar-refractivity contribution >= 4 is 29.4 Å². The van der Waals surface area contributed by atoms with Gasteiger partial charge < -0.3 is 5.32 Å². The monoisotopic (exact) mass is 251 g/mol. The van der Waals surface area contributed by atoms with Crippen LogP contribution in [-0.2, 0) is 4.79 Å². The van der Waals surface area contributed by atoms with E-state index < -0.39 is 0 Å². The Labute approximate surface area is 105 Å². The molecule has 0 unspecified atom stereocenters. The molecule has 0 spiro atoms. The van der Waals surface area contributed by atoms with E-state index in [0.29, 0.717) is 12.1 Å². The summed E-state index contributed by atoms with van der Waals surface area (Å²) < 4.78 is 0. The molecule has 0 radical (unpaired) electrons. The first kappa shape index (κ1) is 13.5. The molecule has 0 aliphatic heterocycles. The number of nitrogens with one attached hydrogen (secondary N) is 1. The van der Waals surface area contributed by atoms with Gasteiger partial charge in [-0.1, -0.05) is 36.4 Å². The lowest BCUT2D eigenvalue weighted by Crippen LogP contribution is -2.19. The molecule has 0 aromatic heterocycles. The molecule has 0 saturated carbocycles. The highest BCUT2D eigenvalue weighted by Gasteiger charge is 2.02. The molecule has 4 heteroatoms. The van der Waals surface area contributed by atoms with Crippen molar-refractivity contribution < 1.29 is 9.59 Å². The molecule has 17 heavy (non-hydrogen) atoms. The third kappa shape index (κ3) is 4.83. The number of amides is 1. The highest BCUT2D eigenvalue weighted by Crippen LogP contribution is 2.07. The number of rotatable bonds is 5. The van der Waals surface area contributed by atoms with Gasteiger partial charge in [0.25, 0.3) is 0 Å². The summed E-state index contributed by atoms with van der Waals surface area (Å²) in [5, 5.41) is 2.66. The first-order valence-corrected chi connectivity index (χ1v) is 5.77. The number of halogens is 1. The lowest BCUT2D eigenvalue weighted by Gasteiger charge is -1.98. The summed E-state index contributed by atoms with van der Waals surface area (Å²) in [4.78, 5) is 21.9. The molecule has 3 nitrogen and oxygen atoms in total. The number of ketones is 1. The lowest BCUT2D eigenvalue weighted by molar-refractivity contribution is -0.118. The number of hydrogen-bond donors (Lipinski definition) is 1. The standard InChI is InChI=1S/C13H14ClNO2/c1-10(16)15-8-2-3-11-4-6-12(7-5-11)13(17)9-14/h2-7H,8-9H2,1H3,(H,15,16). The Morgan fingerprint density at radius 3 is 2.47 bits per heavy atom. The average Bonchev–Trinajstić information content (AvgIpc) is 2.34. The molecule has 1 aromatic rings. The van der Waals surface area contributed by atoms with Crippen molar-refractivity contribution in [2.24, 2.45) is 0 Å². The van der Waals surface area contributed by atoms with Crippen LogP contribution in [0.3, 0.4) is 0 Å². The third-order valence-corrected chi connectivity index (χ3v) is 2.38. The fourth-order valence-corrected chi connectivity index (χ4v) is 1.41. The van der Waals surface area contributed by atoms with E-state index in [9.17, 15) is 9.59 Å². The Bertz CT molecular complexity index is 424. The van der Waals surface area contributed by atoms with E-state index in [1.807, 2.05) is 24.3 Å². The zero-order chi connectivity index (χ0) is 12.7. The van der Waals surface area contributed by atoms with Crippen molar-refractivity contribution in [2.45, 2.75) is 6.92 Å². The first-order chi connectivity index (χ1) is 8.13. The molecular weight excluding hydrogens is 238 g/mol. The van der Waals surface area contributed by atoms with Crippen molar-refractivity contribution in [1.82, 2.24) is 5.32 Å². The van der Waals surface area contributed by atoms with E-state index >= 15 is 0 Å². The summed E-state index contributed by atoms with van der Waals surface area (Å²) in [6.07, 6.45) is 3.73. The van der Waals surface area contributed by atoms with Crippen molar-refractivity contribution in [2.75, 3.05) is 12.4 Å². The Hall–Kier alpha value is -1.61. The van der Waals surface area contributed by atoms with Crippen LogP contribution >= 0.6 is 11.6 Å². The van der Waals surface area contributed by atoms with Gasteiger partial charge in [0.1, 0.15) is 0 Å². The lowest BCUT2D eigenvalue weighted by atomic mass is 10.1. The maximum absolute atomic E-state index is 11.3. The number of benzene rings is 1. The van der Waals surface area contributed by atoms with Crippen LogP contribution in [0.25, 0.3) is 6.08 Å². The largest absolute Gasteiger partial charge is 0.353 e. The summed E-state index contributed by atoms with van der Waals surface area (Å²) >= 11 is 5.45. The predicted octanol–water partition coefficient (Wildman–Crippen LogP) is 2.26. The Kier molecular flexibility index (Phi) is 5.43. The van der Waals surface area contributed by atoms with Gasteiger partial charge in [0, 0.05) is 19.0 Å². The van der Waals surface area contributed by atoms with Crippen LogP contribution in [0.4, 0.5) is 0 Å². The summed E-state index contributed by atoms with van der Waals surface area (Å²) in [6.45, 7) is 1.97. The summed E-state index contributed by atoms with van der Waals surface area (Å²) in [5.41, 5.74) is 1.58. The molecule has 0 bridgehead atoms. The minimum absolute atomic E-state index is 0.00226. The predicted molar refractivity (Wildman–Crippen MR) is 69.2 cm³/mol. The zero-order valence-electron chi connectivity index (χ0n) is 9.57. The number of carbonyl (C=O) groups is 2. The first-order valence-electron chi connectivity index (χ1n) is 5.23. The smallest absolute Gasteiger partial charge is 0.217 e. The van der Waals surface area contributed by atoms with Crippen molar-refractivity contribution in [3.8, 4) is 0 Å². The Balaban J connectivity index is 2.56. The normalized spacial score (nSPS) is 10.5. The quantitative estimate of drug-likeness (QED) is 0.645. The van der Waals surface area contributed by atoms with Crippen LogP contribution in [0.15, 0.2) is 30.3 Å². The Morgan fingerprint density at radius 1 is 1.29 bits per heavy atom. The van der Waals surface area contributed by atoms with Crippen LogP contribution in [0, 0.1) is 0 Å². The van der Waals surface area contributed by atoms with Gasteiger partial charge >= 0.3 is 0 Å². The fourth-order valence-electron chi connectivity index (χ4n) is 1.25. The highest BCUT2D eigenvalue weighted by atomic mass is 35.5. The molecule has 1 rings (SSSR count). The van der Waals surface area contributed by atoms with Crippen LogP contribution in [0.5, 0.6) is 0 Å². The fraction of sp³-hybridized carbons (Fsp3) is 0.231. The topological polar surface area (TPSA) is 46.2 Å². The summed E-state index contributed by atoms with van der Waals surface area (Å²) in [6, 6.07) is 7.15. The molecule has 1 amide bonds. The molecule has 0 saturated heterocycles. The second-order valence-electron chi connectivity index (χ2n) is 3.52. The minimum atomic E-state index is -0.0829. The zero-order valence-corrected chi connectivity index (χ0v) is 10.3. The number of hydrogen-bond acceptors (Lipinski definition) is 2. The van der Waals surface area contributed by atoms with Crippen LogP contribution in [-0.4, -0.2) is 24.1 Å². The maximum atomic E-state index is 11.3. The van der Waals surface area contributed by atoms with E-state index in [1.54, 1.807) is 12.1 Å². The van der Waals surface area contributed by atoms with Gasteiger partial charge in [0.05, 0.1) is 5.88 Å². The molecule has 0 heterocycles. The molecule has 0 atom stereocenters. The second kappa shape index (κ2) is 6.86. The van der Waals surface area contributed by atoms with Crippen molar-refractivity contribution in [3.05, 3.63) is 41.5 Å². The van der Waals surface area contributed by atoms with Gasteiger partial charge in [-0.3, -0.25) is 9.59 Å². The minimum Gasteiger partial charge on any atom is -0.353 e.